The smallest absolute Gasteiger partial charge is 0.332 e. The maximum Gasteiger partial charge on any atom is 0.332 e. The highest BCUT2D eigenvalue weighted by Gasteiger charge is 2.51. The Hall–Kier alpha value is -3.11. The van der Waals surface area contributed by atoms with E-state index in [-0.39, 0.29) is 6.42 Å². The van der Waals surface area contributed by atoms with Crippen LogP contribution in [-0.4, -0.2) is 52.0 Å². The van der Waals surface area contributed by atoms with Gasteiger partial charge in [-0.25, -0.2) is 4.79 Å². The Bertz CT molecular complexity index is 733. The highest BCUT2D eigenvalue weighted by molar-refractivity contribution is 6.11. The molecule has 0 spiro atoms. The molecule has 0 fully saturated rings. The third-order valence-corrected chi connectivity index (χ3v) is 4.21. The number of carbonyl (C=O) groups is 4. The Balaban J connectivity index is 3.43. The van der Waals surface area contributed by atoms with Crippen LogP contribution in [0, 0.1) is 0 Å². The molecule has 3 atom stereocenters. The summed E-state index contributed by atoms with van der Waals surface area (Å²) < 4.78 is 0. The van der Waals surface area contributed by atoms with E-state index in [1.807, 2.05) is 0 Å². The van der Waals surface area contributed by atoms with Crippen molar-refractivity contribution in [3.63, 3.8) is 0 Å². The number of carboxylic acids is 2. The number of hydrazone groups is 1. The van der Waals surface area contributed by atoms with E-state index in [1.165, 1.54) is 18.3 Å². The molecule has 10 nitrogen and oxygen atoms in total. The Morgan fingerprint density at radius 1 is 1.19 bits per heavy atom. The summed E-state index contributed by atoms with van der Waals surface area (Å²) in [6.07, 6.45) is 0.704. The van der Waals surface area contributed by atoms with Crippen molar-refractivity contribution in [3.05, 3.63) is 35.4 Å². The fourth-order valence-corrected chi connectivity index (χ4v) is 2.77. The first-order valence-electron chi connectivity index (χ1n) is 7.99. The molecule has 8 N–H and O–H groups in total. The standard InChI is InChI=1S/C17H22N4O6/c18-13(7-8-22)15(25)17(19,16(26)27)12(5-6-14(23)24)11-3-1-10(2-4-11)9-21-20/h1-4,8-9,12-13H,5-7,18-20H2,(H,23,24)(H,26,27). The van der Waals surface area contributed by atoms with Crippen LogP contribution < -0.4 is 17.3 Å². The summed E-state index contributed by atoms with van der Waals surface area (Å²) in [5.41, 5.74) is 10.1. The second-order valence-electron chi connectivity index (χ2n) is 5.98. The number of carbonyl (C=O) groups excluding carboxylic acids is 2. The molecule has 0 aliphatic heterocycles. The average molecular weight is 378 g/mol. The van der Waals surface area contributed by atoms with Gasteiger partial charge < -0.3 is 32.3 Å². The van der Waals surface area contributed by atoms with Gasteiger partial charge in [0, 0.05) is 18.8 Å². The molecule has 10 heteroatoms. The van der Waals surface area contributed by atoms with E-state index in [0.717, 1.165) is 0 Å². The number of ketones is 1. The molecule has 1 rings (SSSR count). The normalized spacial score (nSPS) is 15.6. The van der Waals surface area contributed by atoms with Crippen molar-refractivity contribution in [1.82, 2.24) is 0 Å². The van der Waals surface area contributed by atoms with Gasteiger partial charge in [-0.05, 0) is 17.5 Å². The van der Waals surface area contributed by atoms with Gasteiger partial charge in [0.05, 0.1) is 12.3 Å². The SMILES string of the molecule is NN=Cc1ccc(C(CCC(=O)O)C(N)(C(=O)O)C(=O)C(N)CC=O)cc1. The van der Waals surface area contributed by atoms with Gasteiger partial charge in [0.2, 0.25) is 0 Å². The second-order valence-corrected chi connectivity index (χ2v) is 5.98. The predicted molar refractivity (Wildman–Crippen MR) is 96.1 cm³/mol. The maximum absolute atomic E-state index is 12.7. The van der Waals surface area contributed by atoms with Crippen molar-refractivity contribution in [2.45, 2.75) is 36.8 Å². The third kappa shape index (κ3) is 5.19. The molecule has 3 unspecified atom stereocenters. The van der Waals surface area contributed by atoms with Crippen molar-refractivity contribution in [1.29, 1.82) is 0 Å². The zero-order valence-corrected chi connectivity index (χ0v) is 14.4. The van der Waals surface area contributed by atoms with Crippen LogP contribution >= 0.6 is 0 Å². The zero-order valence-electron chi connectivity index (χ0n) is 14.4. The minimum Gasteiger partial charge on any atom is -0.481 e. The summed E-state index contributed by atoms with van der Waals surface area (Å²) in [7, 11) is 0. The van der Waals surface area contributed by atoms with Gasteiger partial charge in [-0.15, -0.1) is 0 Å². The molecule has 0 heterocycles. The van der Waals surface area contributed by atoms with E-state index >= 15 is 0 Å². The fourth-order valence-electron chi connectivity index (χ4n) is 2.77. The fraction of sp³-hybridized carbons (Fsp3) is 0.353. The minimum atomic E-state index is -2.50. The first-order valence-corrected chi connectivity index (χ1v) is 7.99. The van der Waals surface area contributed by atoms with Crippen LogP contribution in [0.4, 0.5) is 0 Å². The molecule has 1 aromatic carbocycles. The number of nitrogens with two attached hydrogens (primary N) is 3. The van der Waals surface area contributed by atoms with E-state index in [4.69, 9.17) is 22.4 Å². The van der Waals surface area contributed by atoms with E-state index in [2.05, 4.69) is 5.10 Å². The lowest BCUT2D eigenvalue weighted by atomic mass is 9.72. The summed E-state index contributed by atoms with van der Waals surface area (Å²) in [5, 5.41) is 22.0. The first-order chi connectivity index (χ1) is 12.7. The van der Waals surface area contributed by atoms with E-state index in [1.54, 1.807) is 12.1 Å². The second kappa shape index (κ2) is 9.55. The molecule has 0 bridgehead atoms. The topological polar surface area (TPSA) is 199 Å². The van der Waals surface area contributed by atoms with E-state index in [9.17, 15) is 24.3 Å². The van der Waals surface area contributed by atoms with Crippen LogP contribution in [0.1, 0.15) is 36.3 Å². The molecule has 146 valence electrons. The lowest BCUT2D eigenvalue weighted by molar-refractivity contribution is -0.151. The van der Waals surface area contributed by atoms with E-state index in [0.29, 0.717) is 17.4 Å². The Morgan fingerprint density at radius 3 is 2.22 bits per heavy atom. The lowest BCUT2D eigenvalue weighted by Crippen LogP contribution is -2.63. The molecule has 0 radical (unpaired) electrons. The van der Waals surface area contributed by atoms with Gasteiger partial charge in [-0.1, -0.05) is 24.3 Å². The highest BCUT2D eigenvalue weighted by atomic mass is 16.4. The van der Waals surface area contributed by atoms with E-state index < -0.39 is 48.1 Å². The number of benzene rings is 1. The number of hydrogen-bond acceptors (Lipinski definition) is 8. The molecular weight excluding hydrogens is 356 g/mol. The van der Waals surface area contributed by atoms with Gasteiger partial charge in [-0.2, -0.15) is 5.10 Å². The largest absolute Gasteiger partial charge is 0.481 e. The molecule has 1 aromatic rings. The molecule has 0 aromatic heterocycles. The van der Waals surface area contributed by atoms with Crippen molar-refractivity contribution >= 4 is 30.2 Å². The van der Waals surface area contributed by atoms with Crippen LogP contribution in [0.5, 0.6) is 0 Å². The number of aldehydes is 1. The summed E-state index contributed by atoms with van der Waals surface area (Å²) in [6.45, 7) is 0. The summed E-state index contributed by atoms with van der Waals surface area (Å²) in [5.74, 6) is 0.00574. The number of carboxylic acid groups (broad SMARTS) is 2. The Kier molecular flexibility index (Phi) is 7.76. The molecule has 0 saturated heterocycles. The maximum atomic E-state index is 12.7. The molecule has 0 aliphatic carbocycles. The first kappa shape index (κ1) is 21.9. The van der Waals surface area contributed by atoms with Gasteiger partial charge in [0.25, 0.3) is 0 Å². The average Bonchev–Trinajstić information content (AvgIpc) is 2.62. The number of aliphatic carboxylic acids is 2. The number of rotatable bonds is 11. The molecule has 0 saturated carbocycles. The summed E-state index contributed by atoms with van der Waals surface area (Å²) in [4.78, 5) is 46.2. The number of hydrogen-bond donors (Lipinski definition) is 5. The quantitative estimate of drug-likeness (QED) is 0.107. The van der Waals surface area contributed by atoms with Gasteiger partial charge in [-0.3, -0.25) is 9.59 Å². The van der Waals surface area contributed by atoms with Crippen LogP contribution in [0.25, 0.3) is 0 Å². The number of Topliss-reactive ketones (excluding diaryl/α,β-unsaturated/α-hetero) is 1. The monoisotopic (exact) mass is 378 g/mol. The Labute approximate surface area is 155 Å². The van der Waals surface area contributed by atoms with Gasteiger partial charge in [0.15, 0.2) is 11.3 Å². The van der Waals surface area contributed by atoms with Crippen molar-refractivity contribution < 1.29 is 29.4 Å². The predicted octanol–water partition coefficient (Wildman–Crippen LogP) is -0.805. The zero-order chi connectivity index (χ0) is 20.6. The van der Waals surface area contributed by atoms with Crippen molar-refractivity contribution in [2.24, 2.45) is 22.4 Å². The van der Waals surface area contributed by atoms with Crippen LogP contribution in [0.15, 0.2) is 29.4 Å². The van der Waals surface area contributed by atoms with Crippen LogP contribution in [-0.2, 0) is 19.2 Å². The molecule has 27 heavy (non-hydrogen) atoms. The van der Waals surface area contributed by atoms with Gasteiger partial charge in [0.1, 0.15) is 6.29 Å². The minimum absolute atomic E-state index is 0.220. The lowest BCUT2D eigenvalue weighted by Gasteiger charge is -2.34. The third-order valence-electron chi connectivity index (χ3n) is 4.21. The molecule has 0 amide bonds. The summed E-state index contributed by atoms with van der Waals surface area (Å²) in [6, 6.07) is 4.73. The number of nitrogens with zero attached hydrogens (tertiary/aromatic N) is 1. The molecular formula is C17H22N4O6. The van der Waals surface area contributed by atoms with Crippen LogP contribution in [0.3, 0.4) is 0 Å². The summed E-state index contributed by atoms with van der Waals surface area (Å²) >= 11 is 0. The molecule has 0 aliphatic rings. The van der Waals surface area contributed by atoms with Gasteiger partial charge >= 0.3 is 11.9 Å². The van der Waals surface area contributed by atoms with Crippen LogP contribution in [0.2, 0.25) is 0 Å². The highest BCUT2D eigenvalue weighted by Crippen LogP contribution is 2.33. The van der Waals surface area contributed by atoms with Crippen molar-refractivity contribution in [2.75, 3.05) is 0 Å². The van der Waals surface area contributed by atoms with Crippen molar-refractivity contribution in [3.8, 4) is 0 Å². The Morgan fingerprint density at radius 2 is 1.78 bits per heavy atom.